The quantitative estimate of drug-likeness (QED) is 0.784. The normalized spacial score (nSPS) is 20.4. The molecule has 0 N–H and O–H groups in total. The molecule has 2 rings (SSSR count). The molecular weight excluding hydrogens is 280 g/mol. The van der Waals surface area contributed by atoms with Gasteiger partial charge in [-0.15, -0.1) is 0 Å². The molecule has 1 aliphatic heterocycles. The number of anilines is 1. The summed E-state index contributed by atoms with van der Waals surface area (Å²) in [7, 11) is -0.0687. The van der Waals surface area contributed by atoms with Gasteiger partial charge in [0.05, 0.1) is 19.3 Å². The molecule has 0 spiro atoms. The van der Waals surface area contributed by atoms with Crippen LogP contribution >= 0.6 is 0 Å². The van der Waals surface area contributed by atoms with Crippen molar-refractivity contribution in [1.29, 1.82) is 5.26 Å². The van der Waals surface area contributed by atoms with E-state index in [0.29, 0.717) is 12.4 Å². The predicted octanol–water partition coefficient (Wildman–Crippen LogP) is 0.0607. The first-order valence-electron chi connectivity index (χ1n) is 6.09. The van der Waals surface area contributed by atoms with Gasteiger partial charge in [0.2, 0.25) is 10.0 Å². The van der Waals surface area contributed by atoms with E-state index in [1.54, 1.807) is 11.0 Å². The number of hydrogen-bond donors (Lipinski definition) is 0. The summed E-state index contributed by atoms with van der Waals surface area (Å²) in [5.74, 6) is 0.669. The number of nitriles is 1. The molecule has 20 heavy (non-hydrogen) atoms. The van der Waals surface area contributed by atoms with Gasteiger partial charge in [-0.1, -0.05) is 0 Å². The molecule has 0 saturated carbocycles. The van der Waals surface area contributed by atoms with Crippen molar-refractivity contribution in [2.24, 2.45) is 0 Å². The number of ether oxygens (including phenoxy) is 1. The summed E-state index contributed by atoms with van der Waals surface area (Å²) >= 11 is 0. The molecule has 2 heterocycles. The minimum absolute atomic E-state index is 0.0882. The number of morpholine rings is 1. The third kappa shape index (κ3) is 2.75. The highest BCUT2D eigenvalue weighted by Crippen LogP contribution is 2.21. The molecule has 7 nitrogen and oxygen atoms in total. The summed E-state index contributed by atoms with van der Waals surface area (Å²) in [5, 5.41) is 9.03. The van der Waals surface area contributed by atoms with Crippen molar-refractivity contribution in [3.05, 3.63) is 18.3 Å². The van der Waals surface area contributed by atoms with E-state index in [4.69, 9.17) is 10.00 Å². The molecule has 1 atom stereocenters. The monoisotopic (exact) mass is 296 g/mol. The van der Waals surface area contributed by atoms with Crippen LogP contribution in [-0.2, 0) is 14.8 Å². The Morgan fingerprint density at radius 2 is 2.25 bits per heavy atom. The van der Waals surface area contributed by atoms with Gasteiger partial charge in [-0.3, -0.25) is 0 Å². The lowest BCUT2D eigenvalue weighted by Gasteiger charge is -2.30. The highest BCUT2D eigenvalue weighted by atomic mass is 32.2. The molecule has 1 saturated heterocycles. The van der Waals surface area contributed by atoms with E-state index < -0.39 is 16.1 Å². The van der Waals surface area contributed by atoms with Crippen LogP contribution in [0.15, 0.2) is 23.2 Å². The molecule has 1 aromatic heterocycles. The SMILES string of the molecule is CN(C)c1ccc(S(=O)(=O)N2CCOC[C@H]2C#N)cn1. The first kappa shape index (κ1) is 14.7. The van der Waals surface area contributed by atoms with Crippen LogP contribution in [0, 0.1) is 11.3 Å². The Morgan fingerprint density at radius 3 is 2.80 bits per heavy atom. The minimum Gasteiger partial charge on any atom is -0.377 e. The summed E-state index contributed by atoms with van der Waals surface area (Å²) in [6.07, 6.45) is 1.31. The maximum Gasteiger partial charge on any atom is 0.245 e. The van der Waals surface area contributed by atoms with Gasteiger partial charge in [0.1, 0.15) is 16.8 Å². The maximum atomic E-state index is 12.5. The lowest BCUT2D eigenvalue weighted by Crippen LogP contribution is -2.47. The van der Waals surface area contributed by atoms with Crippen LogP contribution in [0.5, 0.6) is 0 Å². The van der Waals surface area contributed by atoms with Gasteiger partial charge in [0.25, 0.3) is 0 Å². The summed E-state index contributed by atoms with van der Waals surface area (Å²) in [4.78, 5) is 5.97. The van der Waals surface area contributed by atoms with Crippen molar-refractivity contribution < 1.29 is 13.2 Å². The van der Waals surface area contributed by atoms with Gasteiger partial charge in [-0.05, 0) is 12.1 Å². The van der Waals surface area contributed by atoms with Crippen molar-refractivity contribution in [3.63, 3.8) is 0 Å². The van der Waals surface area contributed by atoms with Crippen molar-refractivity contribution >= 4 is 15.8 Å². The van der Waals surface area contributed by atoms with Crippen LogP contribution < -0.4 is 4.90 Å². The first-order chi connectivity index (χ1) is 9.46. The lowest BCUT2D eigenvalue weighted by molar-refractivity contribution is 0.0511. The van der Waals surface area contributed by atoms with Gasteiger partial charge in [0, 0.05) is 26.8 Å². The number of hydrogen-bond acceptors (Lipinski definition) is 6. The number of rotatable bonds is 3. The highest BCUT2D eigenvalue weighted by Gasteiger charge is 2.34. The second-order valence-electron chi connectivity index (χ2n) is 4.58. The molecule has 1 fully saturated rings. The van der Waals surface area contributed by atoms with Crippen LogP contribution in [0.1, 0.15) is 0 Å². The average molecular weight is 296 g/mol. The molecule has 0 radical (unpaired) electrons. The zero-order chi connectivity index (χ0) is 14.8. The number of nitrogens with zero attached hydrogens (tertiary/aromatic N) is 4. The topological polar surface area (TPSA) is 86.5 Å². The third-order valence-corrected chi connectivity index (χ3v) is 4.91. The second-order valence-corrected chi connectivity index (χ2v) is 6.47. The molecule has 0 unspecified atom stereocenters. The predicted molar refractivity (Wildman–Crippen MR) is 72.7 cm³/mol. The van der Waals surface area contributed by atoms with Gasteiger partial charge in [-0.2, -0.15) is 9.57 Å². The first-order valence-corrected chi connectivity index (χ1v) is 7.53. The Bertz CT molecular complexity index is 607. The van der Waals surface area contributed by atoms with Gasteiger partial charge in [-0.25, -0.2) is 13.4 Å². The lowest BCUT2D eigenvalue weighted by atomic mass is 10.3. The Balaban J connectivity index is 2.32. The van der Waals surface area contributed by atoms with Gasteiger partial charge < -0.3 is 9.64 Å². The molecular formula is C12H16N4O3S. The standard InChI is InChI=1S/C12H16N4O3S/c1-15(2)12-4-3-11(8-14-12)20(17,18)16-5-6-19-9-10(16)7-13/h3-4,8,10H,5-6,9H2,1-2H3/t10-/m1/s1. The fraction of sp³-hybridized carbons (Fsp3) is 0.500. The van der Waals surface area contributed by atoms with Crippen LogP contribution in [0.25, 0.3) is 0 Å². The Kier molecular flexibility index (Phi) is 4.23. The fourth-order valence-corrected chi connectivity index (χ4v) is 3.36. The van der Waals surface area contributed by atoms with Gasteiger partial charge >= 0.3 is 0 Å². The van der Waals surface area contributed by atoms with Crippen LogP contribution in [0.3, 0.4) is 0 Å². The number of pyridine rings is 1. The molecule has 8 heteroatoms. The number of aromatic nitrogens is 1. The highest BCUT2D eigenvalue weighted by molar-refractivity contribution is 7.89. The molecule has 1 aliphatic rings. The van der Waals surface area contributed by atoms with E-state index in [1.165, 1.54) is 16.6 Å². The zero-order valence-electron chi connectivity index (χ0n) is 11.4. The maximum absolute atomic E-state index is 12.5. The average Bonchev–Trinajstić information content (AvgIpc) is 2.47. The summed E-state index contributed by atoms with van der Waals surface area (Å²) in [6.45, 7) is 0.565. The molecule has 0 aliphatic carbocycles. The summed E-state index contributed by atoms with van der Waals surface area (Å²) in [6, 6.07) is 4.30. The smallest absolute Gasteiger partial charge is 0.245 e. The van der Waals surface area contributed by atoms with Crippen molar-refractivity contribution in [2.45, 2.75) is 10.9 Å². The summed E-state index contributed by atoms with van der Waals surface area (Å²) in [5.41, 5.74) is 0. The Labute approximate surface area is 118 Å². The van der Waals surface area contributed by atoms with Crippen molar-refractivity contribution in [3.8, 4) is 6.07 Å². The minimum atomic E-state index is -3.72. The van der Waals surface area contributed by atoms with Crippen LogP contribution in [-0.4, -0.2) is 57.6 Å². The van der Waals surface area contributed by atoms with Crippen molar-refractivity contribution in [2.75, 3.05) is 38.8 Å². The number of sulfonamides is 1. The molecule has 1 aromatic rings. The van der Waals surface area contributed by atoms with Crippen molar-refractivity contribution in [1.82, 2.24) is 9.29 Å². The third-order valence-electron chi connectivity index (χ3n) is 3.01. The van der Waals surface area contributed by atoms with Crippen LogP contribution in [0.4, 0.5) is 5.82 Å². The van der Waals surface area contributed by atoms with E-state index in [1.807, 2.05) is 20.2 Å². The van der Waals surface area contributed by atoms with Gasteiger partial charge in [0.15, 0.2) is 0 Å². The Hall–Kier alpha value is -1.69. The second kappa shape index (κ2) is 5.75. The van der Waals surface area contributed by atoms with E-state index in [2.05, 4.69) is 4.98 Å². The van der Waals surface area contributed by atoms with E-state index >= 15 is 0 Å². The van der Waals surface area contributed by atoms with Crippen LogP contribution in [0.2, 0.25) is 0 Å². The summed E-state index contributed by atoms with van der Waals surface area (Å²) < 4.78 is 31.3. The molecule has 0 amide bonds. The van der Waals surface area contributed by atoms with E-state index in [9.17, 15) is 8.42 Å². The van der Waals surface area contributed by atoms with E-state index in [-0.39, 0.29) is 18.0 Å². The Morgan fingerprint density at radius 1 is 1.50 bits per heavy atom. The molecule has 108 valence electrons. The largest absolute Gasteiger partial charge is 0.377 e. The molecule has 0 bridgehead atoms. The fourth-order valence-electron chi connectivity index (χ4n) is 1.90. The molecule has 0 aromatic carbocycles. The zero-order valence-corrected chi connectivity index (χ0v) is 12.2. The van der Waals surface area contributed by atoms with E-state index in [0.717, 1.165) is 0 Å².